The first-order chi connectivity index (χ1) is 7.28. The van der Waals surface area contributed by atoms with Gasteiger partial charge in [-0.3, -0.25) is 0 Å². The molecule has 0 saturated heterocycles. The lowest BCUT2D eigenvalue weighted by atomic mass is 10.9. The van der Waals surface area contributed by atoms with Gasteiger partial charge in [0.05, 0.1) is 0 Å². The van der Waals surface area contributed by atoms with Crippen molar-refractivity contribution in [3.63, 3.8) is 0 Å². The third-order valence-electron chi connectivity index (χ3n) is 2.83. The molecule has 15 heavy (non-hydrogen) atoms. The van der Waals surface area contributed by atoms with Gasteiger partial charge in [-0.25, -0.2) is 0 Å². The molecule has 0 nitrogen and oxygen atoms in total. The third-order valence-corrected chi connectivity index (χ3v) is 9.64. The molecule has 0 bridgehead atoms. The average molecular weight is 266 g/mol. The molecule has 0 aliphatic rings. The van der Waals surface area contributed by atoms with Crippen LogP contribution in [-0.4, -0.2) is 48.5 Å². The lowest BCUT2D eigenvalue weighted by Crippen LogP contribution is -2.01. The predicted octanol–water partition coefficient (Wildman–Crippen LogP) is 4.76. The number of thioether (sulfide) groups is 1. The molecular formula is C12H28P2S. The summed E-state index contributed by atoms with van der Waals surface area (Å²) >= 11 is 2.12. The van der Waals surface area contributed by atoms with E-state index in [1.54, 1.807) is 12.3 Å². The molecule has 0 N–H and O–H groups in total. The van der Waals surface area contributed by atoms with E-state index in [4.69, 9.17) is 0 Å². The second kappa shape index (κ2) is 11.7. The number of hydrogen-bond donors (Lipinski definition) is 0. The molecule has 0 aromatic heterocycles. The molecule has 0 aromatic carbocycles. The van der Waals surface area contributed by atoms with Gasteiger partial charge in [-0.15, -0.1) is 15.8 Å². The molecule has 0 fully saturated rings. The smallest absolute Gasteiger partial charge is 0.00282 e. The highest BCUT2D eigenvalue weighted by Crippen LogP contribution is 2.42. The molecular weight excluding hydrogens is 238 g/mol. The van der Waals surface area contributed by atoms with Crippen LogP contribution >= 0.6 is 27.6 Å². The second-order valence-corrected chi connectivity index (χ2v) is 11.0. The summed E-state index contributed by atoms with van der Waals surface area (Å²) in [4.78, 5) is 0. The van der Waals surface area contributed by atoms with Crippen molar-refractivity contribution in [2.75, 3.05) is 48.5 Å². The maximum absolute atomic E-state index is 2.39. The van der Waals surface area contributed by atoms with Crippen LogP contribution in [0.15, 0.2) is 0 Å². The van der Waals surface area contributed by atoms with Gasteiger partial charge in [0.2, 0.25) is 0 Å². The molecule has 1 unspecified atom stereocenters. The molecule has 92 valence electrons. The first-order valence-corrected chi connectivity index (χ1v) is 11.3. The second-order valence-electron chi connectivity index (χ2n) is 3.66. The largest absolute Gasteiger partial charge is 0.162 e. The summed E-state index contributed by atoms with van der Waals surface area (Å²) in [5.74, 6) is 2.70. The summed E-state index contributed by atoms with van der Waals surface area (Å²) in [5, 5.41) is 0. The Morgan fingerprint density at radius 2 is 1.27 bits per heavy atom. The van der Waals surface area contributed by atoms with Gasteiger partial charge >= 0.3 is 0 Å². The van der Waals surface area contributed by atoms with Crippen LogP contribution in [0.4, 0.5) is 0 Å². The van der Waals surface area contributed by atoms with Crippen molar-refractivity contribution >= 4 is 27.6 Å². The van der Waals surface area contributed by atoms with E-state index in [0.717, 1.165) is 0 Å². The minimum Gasteiger partial charge on any atom is -0.162 e. The van der Waals surface area contributed by atoms with Crippen LogP contribution in [0, 0.1) is 0 Å². The zero-order chi connectivity index (χ0) is 11.5. The normalized spacial score (nSPS) is 13.4. The standard InChI is InChI=1S/C12H28P2S/c1-5-13(6-2)9-10-14(7-3)11-12-15-8-4/h5-12H2,1-4H3. The quantitative estimate of drug-likeness (QED) is 0.405. The van der Waals surface area contributed by atoms with Gasteiger partial charge < -0.3 is 0 Å². The van der Waals surface area contributed by atoms with Crippen LogP contribution in [-0.2, 0) is 0 Å². The first kappa shape index (κ1) is 16.2. The number of hydrogen-bond acceptors (Lipinski definition) is 1. The molecule has 3 heteroatoms. The van der Waals surface area contributed by atoms with Crippen LogP contribution in [0.1, 0.15) is 27.7 Å². The zero-order valence-corrected chi connectivity index (χ0v) is 13.6. The van der Waals surface area contributed by atoms with Crippen molar-refractivity contribution < 1.29 is 0 Å². The summed E-state index contributed by atoms with van der Waals surface area (Å²) in [6, 6.07) is 0. The van der Waals surface area contributed by atoms with Crippen LogP contribution in [0.25, 0.3) is 0 Å². The monoisotopic (exact) mass is 266 g/mol. The highest BCUT2D eigenvalue weighted by Gasteiger charge is 2.08. The van der Waals surface area contributed by atoms with E-state index in [2.05, 4.69) is 39.5 Å². The Morgan fingerprint density at radius 3 is 1.73 bits per heavy atom. The third kappa shape index (κ3) is 8.96. The van der Waals surface area contributed by atoms with Crippen LogP contribution in [0.3, 0.4) is 0 Å². The molecule has 0 aromatic rings. The fraction of sp³-hybridized carbons (Fsp3) is 1.00. The molecule has 0 amide bonds. The topological polar surface area (TPSA) is 0 Å². The zero-order valence-electron chi connectivity index (χ0n) is 11.0. The molecule has 0 rings (SSSR count). The Morgan fingerprint density at radius 1 is 0.733 bits per heavy atom. The Bertz CT molecular complexity index is 127. The van der Waals surface area contributed by atoms with E-state index >= 15 is 0 Å². The van der Waals surface area contributed by atoms with E-state index in [9.17, 15) is 0 Å². The SMILES string of the molecule is CCSCCP(CC)CCP(CC)CC. The lowest BCUT2D eigenvalue weighted by molar-refractivity contribution is 1.32. The van der Waals surface area contributed by atoms with Crippen molar-refractivity contribution in [3.8, 4) is 0 Å². The van der Waals surface area contributed by atoms with Gasteiger partial charge in [-0.2, -0.15) is 11.8 Å². The van der Waals surface area contributed by atoms with Crippen molar-refractivity contribution in [2.24, 2.45) is 0 Å². The van der Waals surface area contributed by atoms with Crippen molar-refractivity contribution in [1.82, 2.24) is 0 Å². The van der Waals surface area contributed by atoms with Gasteiger partial charge in [0.25, 0.3) is 0 Å². The van der Waals surface area contributed by atoms with E-state index in [-0.39, 0.29) is 0 Å². The number of rotatable bonds is 10. The molecule has 0 aliphatic heterocycles. The molecule has 0 spiro atoms. The van der Waals surface area contributed by atoms with Gasteiger partial charge in [0.1, 0.15) is 0 Å². The summed E-state index contributed by atoms with van der Waals surface area (Å²) in [5.41, 5.74) is 0. The van der Waals surface area contributed by atoms with Crippen LogP contribution in [0.5, 0.6) is 0 Å². The van der Waals surface area contributed by atoms with Gasteiger partial charge in [-0.05, 0) is 48.5 Å². The lowest BCUT2D eigenvalue weighted by Gasteiger charge is -2.19. The molecule has 0 saturated carbocycles. The summed E-state index contributed by atoms with van der Waals surface area (Å²) < 4.78 is 0. The van der Waals surface area contributed by atoms with Gasteiger partial charge in [0, 0.05) is 0 Å². The van der Waals surface area contributed by atoms with E-state index in [1.807, 2.05) is 0 Å². The predicted molar refractivity (Wildman–Crippen MR) is 83.1 cm³/mol. The van der Waals surface area contributed by atoms with Crippen LogP contribution < -0.4 is 0 Å². The maximum Gasteiger partial charge on any atom is -0.00282 e. The van der Waals surface area contributed by atoms with Crippen molar-refractivity contribution in [3.05, 3.63) is 0 Å². The fourth-order valence-corrected chi connectivity index (χ4v) is 7.63. The minimum absolute atomic E-state index is 0.381. The maximum atomic E-state index is 2.39. The van der Waals surface area contributed by atoms with Gasteiger partial charge in [0.15, 0.2) is 0 Å². The Kier molecular flexibility index (Phi) is 12.6. The molecule has 0 radical (unpaired) electrons. The minimum atomic E-state index is 0.381. The fourth-order valence-electron chi connectivity index (χ4n) is 1.59. The molecule has 0 aliphatic carbocycles. The summed E-state index contributed by atoms with van der Waals surface area (Å²) in [6.45, 7) is 9.40. The van der Waals surface area contributed by atoms with Gasteiger partial charge in [-0.1, -0.05) is 27.7 Å². The molecule has 1 atom stereocenters. The van der Waals surface area contributed by atoms with Crippen LogP contribution in [0.2, 0.25) is 0 Å². The van der Waals surface area contributed by atoms with Crippen molar-refractivity contribution in [1.29, 1.82) is 0 Å². The molecule has 0 heterocycles. The van der Waals surface area contributed by atoms with E-state index < -0.39 is 0 Å². The highest BCUT2D eigenvalue weighted by molar-refractivity contribution is 7.99. The first-order valence-electron chi connectivity index (χ1n) is 6.30. The summed E-state index contributed by atoms with van der Waals surface area (Å²) in [6.07, 6.45) is 8.98. The Labute approximate surface area is 104 Å². The van der Waals surface area contributed by atoms with Crippen molar-refractivity contribution in [2.45, 2.75) is 27.7 Å². The summed E-state index contributed by atoms with van der Waals surface area (Å²) in [7, 11) is 0.778. The Hall–Kier alpha value is 1.21. The van der Waals surface area contributed by atoms with E-state index in [1.165, 1.54) is 36.2 Å². The highest BCUT2D eigenvalue weighted by atomic mass is 32.2. The van der Waals surface area contributed by atoms with E-state index in [0.29, 0.717) is 15.8 Å². The Balaban J connectivity index is 3.59. The average Bonchev–Trinajstić information content (AvgIpc) is 2.28.